The minimum absolute atomic E-state index is 0.0503. The molecule has 41 heavy (non-hydrogen) atoms. The van der Waals surface area contributed by atoms with E-state index in [-0.39, 0.29) is 24.5 Å². The van der Waals surface area contributed by atoms with E-state index in [4.69, 9.17) is 11.5 Å². The van der Waals surface area contributed by atoms with Gasteiger partial charge in [-0.25, -0.2) is 4.79 Å². The Kier molecular flexibility index (Phi) is 13.7. The van der Waals surface area contributed by atoms with E-state index >= 15 is 0 Å². The highest BCUT2D eigenvalue weighted by Gasteiger charge is 2.35. The van der Waals surface area contributed by atoms with Gasteiger partial charge in [-0.05, 0) is 37.0 Å². The fourth-order valence-corrected chi connectivity index (χ4v) is 3.79. The van der Waals surface area contributed by atoms with Gasteiger partial charge in [0.15, 0.2) is 0 Å². The number of carbonyl (C=O) groups is 6. The third-order valence-corrected chi connectivity index (χ3v) is 6.05. The molecule has 0 radical (unpaired) electrons. The van der Waals surface area contributed by atoms with E-state index in [2.05, 4.69) is 16.0 Å². The van der Waals surface area contributed by atoms with Crippen molar-refractivity contribution in [1.82, 2.24) is 20.9 Å². The topological polar surface area (TPSA) is 254 Å². The van der Waals surface area contributed by atoms with Crippen molar-refractivity contribution in [3.63, 3.8) is 0 Å². The Bertz CT molecular complexity index is 1090. The number of aliphatic carboxylic acids is 1. The van der Waals surface area contributed by atoms with Crippen molar-refractivity contribution in [2.75, 3.05) is 13.7 Å². The summed E-state index contributed by atoms with van der Waals surface area (Å²) in [7, 11) is 1.24. The lowest BCUT2D eigenvalue weighted by Gasteiger charge is -2.32. The first kappa shape index (κ1) is 34.8. The fraction of sp³-hybridized carbons (Fsp3) is 0.538. The van der Waals surface area contributed by atoms with Gasteiger partial charge in [0, 0.05) is 13.5 Å². The molecule has 15 nitrogen and oxygen atoms in total. The Morgan fingerprint density at radius 3 is 1.88 bits per heavy atom. The number of nitrogens with two attached hydrogens (primary N) is 2. The molecule has 0 saturated carbocycles. The first-order chi connectivity index (χ1) is 19.1. The number of phenolic OH excluding ortho intramolecular Hbond substituents is 1. The molecule has 0 bridgehead atoms. The monoisotopic (exact) mass is 580 g/mol. The number of rotatable bonds is 16. The van der Waals surface area contributed by atoms with Crippen LogP contribution in [-0.4, -0.2) is 99.6 Å². The smallest absolute Gasteiger partial charge is 0.326 e. The number of nitrogens with one attached hydrogen (secondary N) is 3. The summed E-state index contributed by atoms with van der Waals surface area (Å²) >= 11 is 0. The van der Waals surface area contributed by atoms with Crippen molar-refractivity contribution < 1.29 is 44.1 Å². The lowest BCUT2D eigenvalue weighted by atomic mass is 10.0. The van der Waals surface area contributed by atoms with Crippen LogP contribution < -0.4 is 27.4 Å². The standard InChI is InChI=1S/C26H40N6O9/c1-13(2)9-18(26(40)41)30-23(37)17(11-21(28)35)29-24(38)20(10-15-5-7-16(34)8-6-15)32(4)25(39)19(12-33)31-22(36)14(3)27/h5-8,13-14,17-20,33-34H,9-12,27H2,1-4H3,(H2,28,35)(H,29,38)(H,30,37)(H,31,36)(H,40,41)/t14-,17+,18-,19-,20-/m0/s1. The minimum atomic E-state index is -1.58. The van der Waals surface area contributed by atoms with Gasteiger partial charge in [-0.15, -0.1) is 0 Å². The van der Waals surface area contributed by atoms with Crippen molar-refractivity contribution >= 4 is 35.5 Å². The zero-order valence-electron chi connectivity index (χ0n) is 23.5. The number of carboxylic acid groups (broad SMARTS) is 1. The van der Waals surface area contributed by atoms with Gasteiger partial charge in [-0.2, -0.15) is 0 Å². The average molecular weight is 581 g/mol. The summed E-state index contributed by atoms with van der Waals surface area (Å²) < 4.78 is 0. The number of likely N-dealkylation sites (N-methyl/N-ethyl adjacent to an activating group) is 1. The van der Waals surface area contributed by atoms with Crippen LogP contribution in [0.4, 0.5) is 0 Å². The maximum absolute atomic E-state index is 13.5. The van der Waals surface area contributed by atoms with Crippen LogP contribution in [0.25, 0.3) is 0 Å². The Morgan fingerprint density at radius 2 is 1.41 bits per heavy atom. The number of carbonyl (C=O) groups excluding carboxylic acids is 5. The number of nitrogens with zero attached hydrogens (tertiary/aromatic N) is 1. The van der Waals surface area contributed by atoms with E-state index in [1.165, 1.54) is 38.2 Å². The zero-order chi connectivity index (χ0) is 31.4. The summed E-state index contributed by atoms with van der Waals surface area (Å²) in [6.45, 7) is 4.07. The Balaban J connectivity index is 3.33. The molecule has 0 aliphatic carbocycles. The van der Waals surface area contributed by atoms with Crippen LogP contribution in [0.15, 0.2) is 24.3 Å². The molecule has 15 heteroatoms. The number of benzene rings is 1. The molecule has 5 atom stereocenters. The molecule has 0 saturated heterocycles. The number of phenols is 1. The summed E-state index contributed by atoms with van der Waals surface area (Å²) in [6.07, 6.45) is -0.739. The van der Waals surface area contributed by atoms with Crippen molar-refractivity contribution in [2.45, 2.75) is 70.2 Å². The molecule has 0 aromatic heterocycles. The Hall–Kier alpha value is -4.24. The number of carboxylic acids is 1. The quantitative estimate of drug-likeness (QED) is 0.102. The molecule has 0 unspecified atom stereocenters. The van der Waals surface area contributed by atoms with Crippen LogP contribution in [0, 0.1) is 5.92 Å². The third-order valence-electron chi connectivity index (χ3n) is 6.05. The second-order valence-corrected chi connectivity index (χ2v) is 10.1. The second-order valence-electron chi connectivity index (χ2n) is 10.1. The van der Waals surface area contributed by atoms with Crippen molar-refractivity contribution in [3.05, 3.63) is 29.8 Å². The van der Waals surface area contributed by atoms with Crippen LogP contribution in [0.5, 0.6) is 5.75 Å². The van der Waals surface area contributed by atoms with Crippen LogP contribution >= 0.6 is 0 Å². The summed E-state index contributed by atoms with van der Waals surface area (Å²) in [5.41, 5.74) is 11.3. The van der Waals surface area contributed by atoms with Gasteiger partial charge in [0.1, 0.15) is 29.9 Å². The van der Waals surface area contributed by atoms with Crippen LogP contribution in [0.3, 0.4) is 0 Å². The van der Waals surface area contributed by atoms with Gasteiger partial charge in [0.25, 0.3) is 0 Å². The number of aliphatic hydroxyl groups excluding tert-OH is 1. The molecule has 228 valence electrons. The van der Waals surface area contributed by atoms with Crippen LogP contribution in [0.1, 0.15) is 39.2 Å². The first-order valence-corrected chi connectivity index (χ1v) is 12.9. The van der Waals surface area contributed by atoms with E-state index in [1.54, 1.807) is 13.8 Å². The number of aromatic hydroxyl groups is 1. The van der Waals surface area contributed by atoms with E-state index in [0.717, 1.165) is 4.90 Å². The second kappa shape index (κ2) is 16.1. The number of primary amides is 1. The van der Waals surface area contributed by atoms with Crippen LogP contribution in [0.2, 0.25) is 0 Å². The largest absolute Gasteiger partial charge is 0.508 e. The molecule has 5 amide bonds. The third kappa shape index (κ3) is 11.4. The van der Waals surface area contributed by atoms with E-state index < -0.39 is 78.7 Å². The van der Waals surface area contributed by atoms with Gasteiger partial charge in [-0.1, -0.05) is 26.0 Å². The maximum atomic E-state index is 13.5. The molecular weight excluding hydrogens is 540 g/mol. The summed E-state index contributed by atoms with van der Waals surface area (Å²) in [5, 5.41) is 35.8. The van der Waals surface area contributed by atoms with Crippen molar-refractivity contribution in [1.29, 1.82) is 0 Å². The highest BCUT2D eigenvalue weighted by atomic mass is 16.4. The van der Waals surface area contributed by atoms with E-state index in [9.17, 15) is 44.1 Å². The van der Waals surface area contributed by atoms with Crippen LogP contribution in [-0.2, 0) is 35.2 Å². The average Bonchev–Trinajstić information content (AvgIpc) is 2.88. The molecule has 0 spiro atoms. The van der Waals surface area contributed by atoms with Gasteiger partial charge >= 0.3 is 5.97 Å². The molecule has 10 N–H and O–H groups in total. The molecule has 1 rings (SSSR count). The Labute approximate surface area is 237 Å². The first-order valence-electron chi connectivity index (χ1n) is 12.9. The molecule has 0 aliphatic rings. The Morgan fingerprint density at radius 1 is 0.878 bits per heavy atom. The van der Waals surface area contributed by atoms with Gasteiger partial charge in [0.05, 0.1) is 19.1 Å². The zero-order valence-corrected chi connectivity index (χ0v) is 23.5. The molecule has 0 heterocycles. The highest BCUT2D eigenvalue weighted by molar-refractivity contribution is 5.97. The SMILES string of the molecule is CC(C)C[C@H](NC(=O)[C@@H](CC(N)=O)NC(=O)[C@H](Cc1ccc(O)cc1)N(C)C(=O)[C@H](CO)NC(=O)[C@H](C)N)C(=O)O. The number of aliphatic hydroxyl groups is 1. The van der Waals surface area contributed by atoms with E-state index in [1.807, 2.05) is 0 Å². The summed E-state index contributed by atoms with van der Waals surface area (Å²) in [6, 6.07) is -0.981. The number of amides is 5. The van der Waals surface area contributed by atoms with Gasteiger partial charge < -0.3 is 47.6 Å². The number of hydrogen-bond donors (Lipinski definition) is 8. The predicted molar refractivity (Wildman–Crippen MR) is 146 cm³/mol. The van der Waals surface area contributed by atoms with E-state index in [0.29, 0.717) is 5.56 Å². The van der Waals surface area contributed by atoms with Gasteiger partial charge in [0.2, 0.25) is 29.5 Å². The lowest BCUT2D eigenvalue weighted by Crippen LogP contribution is -2.60. The maximum Gasteiger partial charge on any atom is 0.326 e. The molecule has 1 aromatic carbocycles. The highest BCUT2D eigenvalue weighted by Crippen LogP contribution is 2.15. The summed E-state index contributed by atoms with van der Waals surface area (Å²) in [5.74, 6) is -5.89. The fourth-order valence-electron chi connectivity index (χ4n) is 3.79. The molecular formula is C26H40N6O9. The molecule has 1 aromatic rings. The molecule has 0 aliphatic heterocycles. The number of hydrogen-bond acceptors (Lipinski definition) is 9. The normalized spacial score (nSPS) is 14.6. The minimum Gasteiger partial charge on any atom is -0.508 e. The lowest BCUT2D eigenvalue weighted by molar-refractivity contribution is -0.144. The van der Waals surface area contributed by atoms with Crippen molar-refractivity contribution in [2.24, 2.45) is 17.4 Å². The summed E-state index contributed by atoms with van der Waals surface area (Å²) in [4.78, 5) is 76.1. The van der Waals surface area contributed by atoms with Gasteiger partial charge in [-0.3, -0.25) is 24.0 Å². The predicted octanol–water partition coefficient (Wildman–Crippen LogP) is -2.44. The van der Waals surface area contributed by atoms with Crippen molar-refractivity contribution in [3.8, 4) is 5.75 Å². The molecule has 0 fully saturated rings.